The maximum Gasteiger partial charge on any atom is 0.311 e. The van der Waals surface area contributed by atoms with E-state index in [-0.39, 0.29) is 5.97 Å². The third-order valence-corrected chi connectivity index (χ3v) is 5.03. The maximum absolute atomic E-state index is 12.0. The van der Waals surface area contributed by atoms with Crippen molar-refractivity contribution in [3.8, 4) is 11.5 Å². The minimum Gasteiger partial charge on any atom is -0.493 e. The Morgan fingerprint density at radius 2 is 1.36 bits per heavy atom. The minimum atomic E-state index is -0.250. The fraction of sp³-hybridized carbons (Fsp3) is 0.667. The van der Waals surface area contributed by atoms with E-state index in [9.17, 15) is 9.59 Å². The number of carbonyl (C=O) groups is 2. The summed E-state index contributed by atoms with van der Waals surface area (Å²) in [5.74, 6) is 0.524. The summed E-state index contributed by atoms with van der Waals surface area (Å²) in [7, 11) is 1.49. The highest BCUT2D eigenvalue weighted by molar-refractivity contribution is 5.78. The highest BCUT2D eigenvalue weighted by Crippen LogP contribution is 2.28. The van der Waals surface area contributed by atoms with E-state index in [0.717, 1.165) is 19.1 Å². The Morgan fingerprint density at radius 1 is 0.821 bits per heavy atom. The number of rotatable bonds is 17. The molecule has 0 aliphatic carbocycles. The van der Waals surface area contributed by atoms with Gasteiger partial charge in [-0.2, -0.15) is 0 Å². The van der Waals surface area contributed by atoms with E-state index in [1.165, 1.54) is 77.7 Å². The summed E-state index contributed by atoms with van der Waals surface area (Å²) in [4.78, 5) is 22.8. The van der Waals surface area contributed by atoms with Gasteiger partial charge in [0.15, 0.2) is 11.5 Å². The molecule has 1 aromatic rings. The van der Waals surface area contributed by atoms with Crippen LogP contribution in [0.15, 0.2) is 18.2 Å². The van der Waals surface area contributed by atoms with Crippen molar-refractivity contribution in [2.45, 2.75) is 96.8 Å². The van der Waals surface area contributed by atoms with E-state index >= 15 is 0 Å². The van der Waals surface area contributed by atoms with Gasteiger partial charge in [0.1, 0.15) is 6.29 Å². The average molecular weight is 391 g/mol. The van der Waals surface area contributed by atoms with Crippen LogP contribution < -0.4 is 9.47 Å². The van der Waals surface area contributed by atoms with Gasteiger partial charge in [0, 0.05) is 12.0 Å². The lowest BCUT2D eigenvalue weighted by Gasteiger charge is -2.09. The Morgan fingerprint density at radius 3 is 1.86 bits per heavy atom. The van der Waals surface area contributed by atoms with Crippen LogP contribution in [-0.2, 0) is 4.79 Å². The van der Waals surface area contributed by atoms with E-state index < -0.39 is 0 Å². The van der Waals surface area contributed by atoms with Gasteiger partial charge in [-0.05, 0) is 24.6 Å². The molecular formula is C24H38O4. The number of hydrogen-bond donors (Lipinski definition) is 0. The van der Waals surface area contributed by atoms with Crippen molar-refractivity contribution in [2.24, 2.45) is 0 Å². The standard InChI is InChI=1S/C24H38O4/c1-3-4-5-6-7-8-9-10-11-12-13-14-15-16-24(26)28-22-18-17-21(20-25)19-23(22)27-2/h17-20H,3-16H2,1-2H3. The van der Waals surface area contributed by atoms with Crippen molar-refractivity contribution >= 4 is 12.3 Å². The Labute approximate surface area is 171 Å². The fourth-order valence-corrected chi connectivity index (χ4v) is 3.30. The molecule has 1 aromatic carbocycles. The molecule has 0 aliphatic heterocycles. The molecule has 4 heteroatoms. The summed E-state index contributed by atoms with van der Waals surface area (Å²) in [6, 6.07) is 4.79. The number of methoxy groups -OCH3 is 1. The molecule has 158 valence electrons. The average Bonchev–Trinajstić information content (AvgIpc) is 2.71. The number of benzene rings is 1. The smallest absolute Gasteiger partial charge is 0.311 e. The van der Waals surface area contributed by atoms with E-state index in [1.807, 2.05) is 0 Å². The summed E-state index contributed by atoms with van der Waals surface area (Å²) >= 11 is 0. The van der Waals surface area contributed by atoms with Crippen molar-refractivity contribution in [2.75, 3.05) is 7.11 Å². The molecule has 0 spiro atoms. The SMILES string of the molecule is CCCCCCCCCCCCCCCC(=O)Oc1ccc(C=O)cc1OC. The lowest BCUT2D eigenvalue weighted by atomic mass is 10.0. The van der Waals surface area contributed by atoms with Gasteiger partial charge in [-0.25, -0.2) is 0 Å². The monoisotopic (exact) mass is 390 g/mol. The first-order valence-electron chi connectivity index (χ1n) is 11.0. The van der Waals surface area contributed by atoms with Gasteiger partial charge in [0.2, 0.25) is 0 Å². The second kappa shape index (κ2) is 16.1. The maximum atomic E-state index is 12.0. The van der Waals surface area contributed by atoms with Gasteiger partial charge in [-0.3, -0.25) is 9.59 Å². The van der Waals surface area contributed by atoms with Crippen LogP contribution in [0, 0.1) is 0 Å². The molecule has 28 heavy (non-hydrogen) atoms. The van der Waals surface area contributed by atoms with Crippen LogP contribution in [0.4, 0.5) is 0 Å². The van der Waals surface area contributed by atoms with Gasteiger partial charge in [0.25, 0.3) is 0 Å². The number of aldehydes is 1. The molecule has 0 amide bonds. The number of unbranched alkanes of at least 4 members (excludes halogenated alkanes) is 12. The molecule has 0 saturated carbocycles. The summed E-state index contributed by atoms with van der Waals surface area (Å²) in [5.41, 5.74) is 0.494. The molecule has 0 saturated heterocycles. The molecule has 0 aliphatic rings. The van der Waals surface area contributed by atoms with Gasteiger partial charge < -0.3 is 9.47 Å². The van der Waals surface area contributed by atoms with Crippen LogP contribution in [0.3, 0.4) is 0 Å². The zero-order valence-corrected chi connectivity index (χ0v) is 17.8. The first-order valence-corrected chi connectivity index (χ1v) is 11.0. The minimum absolute atomic E-state index is 0.250. The topological polar surface area (TPSA) is 52.6 Å². The number of hydrogen-bond acceptors (Lipinski definition) is 4. The molecule has 1 rings (SSSR count). The quantitative estimate of drug-likeness (QED) is 0.126. The Hall–Kier alpha value is -1.84. The van der Waals surface area contributed by atoms with Crippen LogP contribution >= 0.6 is 0 Å². The number of esters is 1. The number of carbonyl (C=O) groups excluding carboxylic acids is 2. The third kappa shape index (κ3) is 11.1. The second-order valence-corrected chi connectivity index (χ2v) is 7.49. The molecular weight excluding hydrogens is 352 g/mol. The van der Waals surface area contributed by atoms with E-state index in [4.69, 9.17) is 9.47 Å². The Balaban J connectivity index is 2.02. The lowest BCUT2D eigenvalue weighted by Crippen LogP contribution is -2.08. The van der Waals surface area contributed by atoms with Gasteiger partial charge in [0.05, 0.1) is 7.11 Å². The molecule has 0 fully saturated rings. The number of ether oxygens (including phenoxy) is 2. The van der Waals surface area contributed by atoms with Crippen molar-refractivity contribution in [1.29, 1.82) is 0 Å². The van der Waals surface area contributed by atoms with E-state index in [1.54, 1.807) is 18.2 Å². The normalized spacial score (nSPS) is 10.6. The summed E-state index contributed by atoms with van der Waals surface area (Å²) in [6.45, 7) is 2.26. The van der Waals surface area contributed by atoms with Gasteiger partial charge >= 0.3 is 5.97 Å². The molecule has 0 bridgehead atoms. The van der Waals surface area contributed by atoms with Crippen LogP contribution in [0.25, 0.3) is 0 Å². The largest absolute Gasteiger partial charge is 0.493 e. The summed E-state index contributed by atoms with van der Waals surface area (Å²) < 4.78 is 10.5. The van der Waals surface area contributed by atoms with Crippen molar-refractivity contribution in [1.82, 2.24) is 0 Å². The Kier molecular flexibility index (Phi) is 14.0. The van der Waals surface area contributed by atoms with E-state index in [0.29, 0.717) is 23.5 Å². The van der Waals surface area contributed by atoms with E-state index in [2.05, 4.69) is 6.92 Å². The second-order valence-electron chi connectivity index (χ2n) is 7.49. The molecule has 4 nitrogen and oxygen atoms in total. The zero-order chi connectivity index (χ0) is 20.5. The molecule has 0 heterocycles. The predicted molar refractivity (Wildman–Crippen MR) is 114 cm³/mol. The fourth-order valence-electron chi connectivity index (χ4n) is 3.30. The predicted octanol–water partition coefficient (Wildman–Crippen LogP) is 6.89. The van der Waals surface area contributed by atoms with Crippen molar-refractivity contribution in [3.05, 3.63) is 23.8 Å². The summed E-state index contributed by atoms with van der Waals surface area (Å²) in [6.07, 6.45) is 17.8. The highest BCUT2D eigenvalue weighted by Gasteiger charge is 2.10. The zero-order valence-electron chi connectivity index (χ0n) is 17.8. The molecule has 0 unspecified atom stereocenters. The Bertz CT molecular complexity index is 554. The van der Waals surface area contributed by atoms with Gasteiger partial charge in [-0.1, -0.05) is 84.0 Å². The third-order valence-electron chi connectivity index (χ3n) is 5.03. The highest BCUT2D eigenvalue weighted by atomic mass is 16.6. The van der Waals surface area contributed by atoms with Crippen molar-refractivity contribution < 1.29 is 19.1 Å². The van der Waals surface area contributed by atoms with Crippen molar-refractivity contribution in [3.63, 3.8) is 0 Å². The molecule has 0 radical (unpaired) electrons. The van der Waals surface area contributed by atoms with Crippen LogP contribution in [0.1, 0.15) is 107 Å². The lowest BCUT2D eigenvalue weighted by molar-refractivity contribution is -0.134. The first-order chi connectivity index (χ1) is 13.7. The summed E-state index contributed by atoms with van der Waals surface area (Å²) in [5, 5.41) is 0. The first kappa shape index (κ1) is 24.2. The van der Waals surface area contributed by atoms with Crippen LogP contribution in [0.5, 0.6) is 11.5 Å². The molecule has 0 aromatic heterocycles. The van der Waals surface area contributed by atoms with Crippen LogP contribution in [-0.4, -0.2) is 19.4 Å². The van der Waals surface area contributed by atoms with Gasteiger partial charge in [-0.15, -0.1) is 0 Å². The molecule has 0 N–H and O–H groups in total. The van der Waals surface area contributed by atoms with Crippen LogP contribution in [0.2, 0.25) is 0 Å². The molecule has 0 atom stereocenters.